The van der Waals surface area contributed by atoms with E-state index in [1.165, 1.54) is 25.7 Å². The minimum absolute atomic E-state index is 0.0202. The maximum absolute atomic E-state index is 13.2. The lowest BCUT2D eigenvalue weighted by molar-refractivity contribution is 0.0518. The van der Waals surface area contributed by atoms with Gasteiger partial charge in [-0.05, 0) is 48.9 Å². The van der Waals surface area contributed by atoms with Crippen LogP contribution in [-0.4, -0.2) is 36.9 Å². The van der Waals surface area contributed by atoms with Crippen LogP contribution in [0.15, 0.2) is 48.5 Å². The quantitative estimate of drug-likeness (QED) is 0.827. The molecule has 2 aromatic carbocycles. The molecular formula is C24H28N2O3. The van der Waals surface area contributed by atoms with E-state index in [-0.39, 0.29) is 11.8 Å². The molecular weight excluding hydrogens is 364 g/mol. The highest BCUT2D eigenvalue weighted by molar-refractivity contribution is 6.05. The van der Waals surface area contributed by atoms with Crippen LogP contribution in [-0.2, 0) is 0 Å². The van der Waals surface area contributed by atoms with Gasteiger partial charge < -0.3 is 15.0 Å². The molecule has 2 amide bonds. The highest BCUT2D eigenvalue weighted by Gasteiger charge is 2.33. The van der Waals surface area contributed by atoms with Gasteiger partial charge in [0.1, 0.15) is 5.75 Å². The number of carbonyl (C=O) groups is 2. The smallest absolute Gasteiger partial charge is 0.257 e. The molecule has 1 aliphatic carbocycles. The molecule has 5 heteroatoms. The van der Waals surface area contributed by atoms with E-state index in [1.54, 1.807) is 37.4 Å². The normalized spacial score (nSPS) is 21.2. The van der Waals surface area contributed by atoms with E-state index in [0.717, 1.165) is 25.4 Å². The van der Waals surface area contributed by atoms with Crippen molar-refractivity contribution in [2.75, 3.05) is 25.5 Å². The molecule has 0 bridgehead atoms. The molecule has 1 N–H and O–H groups in total. The van der Waals surface area contributed by atoms with Crippen LogP contribution in [0.3, 0.4) is 0 Å². The molecule has 1 aliphatic heterocycles. The summed E-state index contributed by atoms with van der Waals surface area (Å²) < 4.78 is 5.49. The molecule has 152 valence electrons. The second kappa shape index (κ2) is 8.68. The van der Waals surface area contributed by atoms with Gasteiger partial charge in [-0.15, -0.1) is 0 Å². The second-order valence-corrected chi connectivity index (χ2v) is 8.08. The Labute approximate surface area is 172 Å². The zero-order chi connectivity index (χ0) is 20.2. The second-order valence-electron chi connectivity index (χ2n) is 8.08. The zero-order valence-corrected chi connectivity index (χ0v) is 16.9. The van der Waals surface area contributed by atoms with Crippen molar-refractivity contribution < 1.29 is 14.3 Å². The van der Waals surface area contributed by atoms with Crippen molar-refractivity contribution in [2.45, 2.75) is 32.1 Å². The first-order chi connectivity index (χ1) is 14.2. The maximum atomic E-state index is 13.2. The molecule has 5 nitrogen and oxygen atoms in total. The van der Waals surface area contributed by atoms with Gasteiger partial charge in [0.25, 0.3) is 11.8 Å². The third-order valence-electron chi connectivity index (χ3n) is 6.30. The number of rotatable bonds is 4. The number of nitrogens with zero attached hydrogens (tertiary/aromatic N) is 1. The largest absolute Gasteiger partial charge is 0.496 e. The van der Waals surface area contributed by atoms with Crippen LogP contribution in [0.1, 0.15) is 52.8 Å². The van der Waals surface area contributed by atoms with E-state index < -0.39 is 0 Å². The fraction of sp³-hybridized carbons (Fsp3) is 0.417. The van der Waals surface area contributed by atoms with Crippen molar-refractivity contribution in [3.05, 3.63) is 59.7 Å². The monoisotopic (exact) mass is 392 g/mol. The number of hydrogen-bond acceptors (Lipinski definition) is 3. The van der Waals surface area contributed by atoms with Gasteiger partial charge in [-0.3, -0.25) is 9.59 Å². The number of piperidine rings is 1. The summed E-state index contributed by atoms with van der Waals surface area (Å²) >= 11 is 0. The molecule has 4 rings (SSSR count). The van der Waals surface area contributed by atoms with Crippen LogP contribution < -0.4 is 10.1 Å². The zero-order valence-electron chi connectivity index (χ0n) is 16.9. The number of benzene rings is 2. The van der Waals surface area contributed by atoms with Crippen molar-refractivity contribution in [2.24, 2.45) is 11.8 Å². The summed E-state index contributed by atoms with van der Waals surface area (Å²) in [4.78, 5) is 27.5. The van der Waals surface area contributed by atoms with Crippen LogP contribution in [0.5, 0.6) is 5.75 Å². The highest BCUT2D eigenvalue weighted by Crippen LogP contribution is 2.37. The molecule has 0 aromatic heterocycles. The maximum Gasteiger partial charge on any atom is 0.257 e. The van der Waals surface area contributed by atoms with Crippen LogP contribution in [0.25, 0.3) is 0 Å². The Bertz CT molecular complexity index is 881. The predicted molar refractivity (Wildman–Crippen MR) is 113 cm³/mol. The van der Waals surface area contributed by atoms with E-state index >= 15 is 0 Å². The molecule has 1 heterocycles. The molecule has 0 spiro atoms. The fourth-order valence-corrected chi connectivity index (χ4v) is 4.69. The Hall–Kier alpha value is -2.82. The lowest BCUT2D eigenvalue weighted by Gasteiger charge is -2.41. The van der Waals surface area contributed by atoms with E-state index in [2.05, 4.69) is 5.32 Å². The third kappa shape index (κ3) is 4.29. The van der Waals surface area contributed by atoms with Crippen molar-refractivity contribution in [1.29, 1.82) is 0 Å². The third-order valence-corrected chi connectivity index (χ3v) is 6.30. The van der Waals surface area contributed by atoms with Crippen LogP contribution >= 0.6 is 0 Å². The summed E-state index contributed by atoms with van der Waals surface area (Å²) in [6.45, 7) is 1.66. The minimum Gasteiger partial charge on any atom is -0.496 e. The summed E-state index contributed by atoms with van der Waals surface area (Å²) in [5.41, 5.74) is 1.75. The summed E-state index contributed by atoms with van der Waals surface area (Å²) in [7, 11) is 1.56. The Morgan fingerprint density at radius 1 is 1.00 bits per heavy atom. The van der Waals surface area contributed by atoms with Gasteiger partial charge >= 0.3 is 0 Å². The Balaban J connectivity index is 1.48. The Morgan fingerprint density at radius 3 is 2.52 bits per heavy atom. The van der Waals surface area contributed by atoms with Crippen molar-refractivity contribution in [3.63, 3.8) is 0 Å². The summed E-state index contributed by atoms with van der Waals surface area (Å²) in [5.74, 6) is 1.74. The fourth-order valence-electron chi connectivity index (χ4n) is 4.69. The predicted octanol–water partition coefficient (Wildman–Crippen LogP) is 4.60. The molecule has 2 fully saturated rings. The number of likely N-dealkylation sites (tertiary alicyclic amines) is 1. The van der Waals surface area contributed by atoms with Gasteiger partial charge in [0, 0.05) is 30.4 Å². The van der Waals surface area contributed by atoms with E-state index in [0.29, 0.717) is 28.5 Å². The molecule has 2 aromatic rings. The molecule has 1 saturated heterocycles. The first kappa shape index (κ1) is 19.5. The first-order valence-electron chi connectivity index (χ1n) is 10.5. The Kier molecular flexibility index (Phi) is 5.84. The molecule has 29 heavy (non-hydrogen) atoms. The lowest BCUT2D eigenvalue weighted by atomic mass is 9.75. The lowest BCUT2D eigenvalue weighted by Crippen LogP contribution is -2.44. The number of hydrogen-bond donors (Lipinski definition) is 1. The molecule has 2 atom stereocenters. The molecule has 1 saturated carbocycles. The standard InChI is InChI=1S/C24H28N2O3/c1-29-22-15-20(25-23(27)18-8-3-2-4-9-18)11-12-21(22)24(28)26-14-13-17-7-5-6-10-19(17)16-26/h2-4,8-9,11-12,15,17,19H,5-7,10,13-14,16H2,1H3,(H,25,27). The molecule has 0 radical (unpaired) electrons. The van der Waals surface area contributed by atoms with Gasteiger partial charge in [0.2, 0.25) is 0 Å². The number of nitrogens with one attached hydrogen (secondary N) is 1. The first-order valence-corrected chi connectivity index (χ1v) is 10.5. The van der Waals surface area contributed by atoms with Gasteiger partial charge in [0.15, 0.2) is 0 Å². The highest BCUT2D eigenvalue weighted by atomic mass is 16.5. The molecule has 2 aliphatic rings. The topological polar surface area (TPSA) is 58.6 Å². The van der Waals surface area contributed by atoms with E-state index in [1.807, 2.05) is 23.1 Å². The average Bonchev–Trinajstić information content (AvgIpc) is 2.78. The van der Waals surface area contributed by atoms with Gasteiger partial charge in [-0.1, -0.05) is 37.5 Å². The van der Waals surface area contributed by atoms with Crippen LogP contribution in [0, 0.1) is 11.8 Å². The van der Waals surface area contributed by atoms with Crippen molar-refractivity contribution >= 4 is 17.5 Å². The Morgan fingerprint density at radius 2 is 1.76 bits per heavy atom. The van der Waals surface area contributed by atoms with Gasteiger partial charge in [-0.25, -0.2) is 0 Å². The average molecular weight is 392 g/mol. The van der Waals surface area contributed by atoms with E-state index in [9.17, 15) is 9.59 Å². The number of anilines is 1. The SMILES string of the molecule is COc1cc(NC(=O)c2ccccc2)ccc1C(=O)N1CCC2CCCCC2C1. The van der Waals surface area contributed by atoms with Crippen molar-refractivity contribution in [1.82, 2.24) is 4.90 Å². The summed E-state index contributed by atoms with van der Waals surface area (Å²) in [5, 5.41) is 2.87. The number of carbonyl (C=O) groups excluding carboxylic acids is 2. The molecule has 2 unspecified atom stereocenters. The summed E-state index contributed by atoms with van der Waals surface area (Å²) in [6.07, 6.45) is 6.26. The van der Waals surface area contributed by atoms with Gasteiger partial charge in [-0.2, -0.15) is 0 Å². The van der Waals surface area contributed by atoms with Crippen LogP contribution in [0.2, 0.25) is 0 Å². The minimum atomic E-state index is -0.189. The van der Waals surface area contributed by atoms with Crippen LogP contribution in [0.4, 0.5) is 5.69 Å². The summed E-state index contributed by atoms with van der Waals surface area (Å²) in [6, 6.07) is 14.3. The number of amides is 2. The number of fused-ring (bicyclic) bond motifs is 1. The van der Waals surface area contributed by atoms with E-state index in [4.69, 9.17) is 4.74 Å². The number of ether oxygens (including phenoxy) is 1. The van der Waals surface area contributed by atoms with Gasteiger partial charge in [0.05, 0.1) is 12.7 Å². The van der Waals surface area contributed by atoms with Crippen molar-refractivity contribution in [3.8, 4) is 5.75 Å². The number of methoxy groups -OCH3 is 1.